The largest absolute Gasteiger partial charge is 0.481 e. The van der Waals surface area contributed by atoms with Crippen LogP contribution in [-0.4, -0.2) is 52.7 Å². The maximum Gasteiger partial charge on any atom is 0.320 e. The van der Waals surface area contributed by atoms with E-state index in [0.717, 1.165) is 34.8 Å². The summed E-state index contributed by atoms with van der Waals surface area (Å²) < 4.78 is 10.5. The van der Waals surface area contributed by atoms with Crippen LogP contribution in [0.25, 0.3) is 21.8 Å². The number of likely N-dealkylation sites (N-methyl/N-ethyl adjacent to an activating group) is 1. The van der Waals surface area contributed by atoms with Crippen molar-refractivity contribution in [1.82, 2.24) is 24.9 Å². The zero-order valence-electron chi connectivity index (χ0n) is 17.5. The first-order valence-corrected chi connectivity index (χ1v) is 10.6. The second-order valence-electron chi connectivity index (χ2n) is 6.68. The Bertz CT molecular complexity index is 1120. The molecule has 4 rings (SSSR count). The van der Waals surface area contributed by atoms with Crippen LogP contribution >= 0.6 is 11.3 Å². The third kappa shape index (κ3) is 4.77. The fraction of sp³-hybridized carbons (Fsp3) is 0.227. The Morgan fingerprint density at radius 1 is 1.00 bits per heavy atom. The van der Waals surface area contributed by atoms with Crippen LogP contribution in [0.2, 0.25) is 0 Å². The van der Waals surface area contributed by atoms with E-state index in [1.165, 1.54) is 7.11 Å². The molecule has 0 aliphatic carbocycles. The molecule has 0 amide bonds. The van der Waals surface area contributed by atoms with Crippen LogP contribution in [0, 0.1) is 0 Å². The minimum atomic E-state index is 0.225. The molecule has 158 valence electrons. The second kappa shape index (κ2) is 9.48. The monoisotopic (exact) mass is 434 g/mol. The Hall–Kier alpha value is -3.59. The maximum atomic E-state index is 5.30. The van der Waals surface area contributed by atoms with Crippen LogP contribution in [0.4, 0.5) is 5.95 Å². The molecule has 0 spiro atoms. The van der Waals surface area contributed by atoms with Gasteiger partial charge >= 0.3 is 6.01 Å². The van der Waals surface area contributed by atoms with E-state index in [4.69, 9.17) is 14.5 Å². The number of aromatic nitrogens is 5. The van der Waals surface area contributed by atoms with E-state index in [1.807, 2.05) is 47.7 Å². The smallest absolute Gasteiger partial charge is 0.320 e. The highest BCUT2D eigenvalue weighted by atomic mass is 32.1. The molecule has 31 heavy (non-hydrogen) atoms. The molecule has 0 fully saturated rings. The predicted octanol–water partition coefficient (Wildman–Crippen LogP) is 3.75. The van der Waals surface area contributed by atoms with Gasteiger partial charge in [-0.2, -0.15) is 9.97 Å². The number of rotatable bonds is 8. The molecule has 0 aliphatic heterocycles. The van der Waals surface area contributed by atoms with Gasteiger partial charge in [-0.15, -0.1) is 11.3 Å². The number of hydrogen-bond acceptors (Lipinski definition) is 9. The van der Waals surface area contributed by atoms with Gasteiger partial charge in [0.2, 0.25) is 11.8 Å². The molecule has 8 nitrogen and oxygen atoms in total. The molecule has 9 heteroatoms. The topological polar surface area (TPSA) is 86.2 Å². The summed E-state index contributed by atoms with van der Waals surface area (Å²) in [5.41, 5.74) is 3.25. The molecule has 0 saturated heterocycles. The fourth-order valence-electron chi connectivity index (χ4n) is 3.01. The van der Waals surface area contributed by atoms with Gasteiger partial charge in [0.05, 0.1) is 30.5 Å². The highest BCUT2D eigenvalue weighted by molar-refractivity contribution is 7.13. The lowest BCUT2D eigenvalue weighted by molar-refractivity contribution is 0.353. The van der Waals surface area contributed by atoms with Crippen molar-refractivity contribution in [1.29, 1.82) is 0 Å². The Kier molecular flexibility index (Phi) is 6.32. The lowest BCUT2D eigenvalue weighted by atomic mass is 10.1. The molecular weight excluding hydrogens is 412 g/mol. The Balaban J connectivity index is 1.69. The van der Waals surface area contributed by atoms with Gasteiger partial charge in [0.15, 0.2) is 0 Å². The molecule has 0 saturated carbocycles. The quantitative estimate of drug-likeness (QED) is 0.414. The highest BCUT2D eigenvalue weighted by Crippen LogP contribution is 2.34. The Morgan fingerprint density at radius 2 is 1.90 bits per heavy atom. The van der Waals surface area contributed by atoms with Crippen LogP contribution in [0.15, 0.2) is 54.2 Å². The van der Waals surface area contributed by atoms with Crippen molar-refractivity contribution < 1.29 is 9.47 Å². The van der Waals surface area contributed by atoms with E-state index in [0.29, 0.717) is 17.5 Å². The summed E-state index contributed by atoms with van der Waals surface area (Å²) in [7, 11) is 5.06. The normalized spacial score (nSPS) is 10.7. The summed E-state index contributed by atoms with van der Waals surface area (Å²) in [6.07, 6.45) is 4.40. The molecular formula is C22H22N6O2S. The molecule has 0 radical (unpaired) electrons. The SMILES string of the molecule is COc1cc(-c2cnc(N(C)CCc3ccccn3)nc2-c2cccs2)nc(OC)n1. The summed E-state index contributed by atoms with van der Waals surface area (Å²) in [6, 6.07) is 11.9. The average Bonchev–Trinajstić information content (AvgIpc) is 3.37. The van der Waals surface area contributed by atoms with Gasteiger partial charge in [-0.25, -0.2) is 9.97 Å². The zero-order valence-corrected chi connectivity index (χ0v) is 18.3. The Morgan fingerprint density at radius 3 is 2.61 bits per heavy atom. The molecule has 0 aliphatic rings. The summed E-state index contributed by atoms with van der Waals surface area (Å²) in [5, 5.41) is 2.02. The highest BCUT2D eigenvalue weighted by Gasteiger charge is 2.17. The number of methoxy groups -OCH3 is 2. The van der Waals surface area contributed by atoms with E-state index < -0.39 is 0 Å². The molecule has 4 heterocycles. The lowest BCUT2D eigenvalue weighted by Gasteiger charge is -2.18. The predicted molar refractivity (Wildman–Crippen MR) is 121 cm³/mol. The Labute approximate surface area is 184 Å². The van der Waals surface area contributed by atoms with Crippen molar-refractivity contribution in [3.05, 3.63) is 59.9 Å². The fourth-order valence-corrected chi connectivity index (χ4v) is 3.74. The maximum absolute atomic E-state index is 5.30. The molecule has 0 unspecified atom stereocenters. The summed E-state index contributed by atoms with van der Waals surface area (Å²) in [6.45, 7) is 0.745. The number of anilines is 1. The lowest BCUT2D eigenvalue weighted by Crippen LogP contribution is -2.23. The van der Waals surface area contributed by atoms with Crippen LogP contribution in [-0.2, 0) is 6.42 Å². The van der Waals surface area contributed by atoms with Gasteiger partial charge in [-0.1, -0.05) is 12.1 Å². The summed E-state index contributed by atoms with van der Waals surface area (Å²) in [4.78, 5) is 25.6. The van der Waals surface area contributed by atoms with Crippen molar-refractivity contribution in [3.8, 4) is 33.7 Å². The van der Waals surface area contributed by atoms with E-state index in [2.05, 4.69) is 19.9 Å². The van der Waals surface area contributed by atoms with Crippen LogP contribution in [0.1, 0.15) is 5.69 Å². The van der Waals surface area contributed by atoms with Gasteiger partial charge in [-0.3, -0.25) is 4.98 Å². The summed E-state index contributed by atoms with van der Waals surface area (Å²) in [5.74, 6) is 1.05. The van der Waals surface area contributed by atoms with E-state index in [1.54, 1.807) is 36.9 Å². The van der Waals surface area contributed by atoms with Crippen LogP contribution in [0.3, 0.4) is 0 Å². The van der Waals surface area contributed by atoms with Gasteiger partial charge in [0.25, 0.3) is 0 Å². The average molecular weight is 435 g/mol. The van der Waals surface area contributed by atoms with E-state index in [-0.39, 0.29) is 6.01 Å². The number of nitrogens with zero attached hydrogens (tertiary/aromatic N) is 6. The standard InChI is InChI=1S/C22H22N6O2S/c1-28(11-9-15-7-4-5-10-23-15)21-24-14-16(20(27-21)18-8-6-12-31-18)17-13-19(29-2)26-22(25-17)30-3/h4-8,10,12-14H,9,11H2,1-3H3. The van der Waals surface area contributed by atoms with Crippen molar-refractivity contribution in [2.45, 2.75) is 6.42 Å². The first-order valence-electron chi connectivity index (χ1n) is 9.67. The minimum absolute atomic E-state index is 0.225. The first kappa shape index (κ1) is 20.7. The third-order valence-electron chi connectivity index (χ3n) is 4.65. The second-order valence-corrected chi connectivity index (χ2v) is 7.63. The van der Waals surface area contributed by atoms with E-state index >= 15 is 0 Å². The van der Waals surface area contributed by atoms with Crippen molar-refractivity contribution in [2.24, 2.45) is 0 Å². The number of thiophene rings is 1. The molecule has 0 N–H and O–H groups in total. The number of ether oxygens (including phenoxy) is 2. The molecule has 0 aromatic carbocycles. The molecule has 0 bridgehead atoms. The molecule has 4 aromatic heterocycles. The van der Waals surface area contributed by atoms with Crippen LogP contribution < -0.4 is 14.4 Å². The first-order chi connectivity index (χ1) is 15.2. The van der Waals surface area contributed by atoms with E-state index in [9.17, 15) is 0 Å². The van der Waals surface area contributed by atoms with Gasteiger partial charge < -0.3 is 14.4 Å². The molecule has 0 atom stereocenters. The summed E-state index contributed by atoms with van der Waals surface area (Å²) >= 11 is 1.61. The molecule has 4 aromatic rings. The number of pyridine rings is 1. The third-order valence-corrected chi connectivity index (χ3v) is 5.53. The van der Waals surface area contributed by atoms with Crippen molar-refractivity contribution in [3.63, 3.8) is 0 Å². The van der Waals surface area contributed by atoms with Gasteiger partial charge in [0, 0.05) is 49.7 Å². The minimum Gasteiger partial charge on any atom is -0.481 e. The van der Waals surface area contributed by atoms with Crippen molar-refractivity contribution in [2.75, 3.05) is 32.7 Å². The number of hydrogen-bond donors (Lipinski definition) is 0. The van der Waals surface area contributed by atoms with Crippen LogP contribution in [0.5, 0.6) is 11.9 Å². The van der Waals surface area contributed by atoms with Gasteiger partial charge in [0.1, 0.15) is 0 Å². The van der Waals surface area contributed by atoms with Gasteiger partial charge in [-0.05, 0) is 23.6 Å². The zero-order chi connectivity index (χ0) is 21.6. The van der Waals surface area contributed by atoms with Crippen molar-refractivity contribution >= 4 is 17.3 Å².